The maximum Gasteiger partial charge on any atom is 0.122 e. The topological polar surface area (TPSA) is 18.5 Å². The minimum absolute atomic E-state index is 0.558. The first-order valence-corrected chi connectivity index (χ1v) is 4.99. The van der Waals surface area contributed by atoms with Gasteiger partial charge in [0.25, 0.3) is 0 Å². The Morgan fingerprint density at radius 2 is 1.93 bits per heavy atom. The van der Waals surface area contributed by atoms with Crippen LogP contribution in [0.4, 0.5) is 0 Å². The summed E-state index contributed by atoms with van der Waals surface area (Å²) in [5, 5.41) is 0. The van der Waals surface area contributed by atoms with Crippen LogP contribution in [-0.2, 0) is 4.74 Å². The van der Waals surface area contributed by atoms with Crippen molar-refractivity contribution in [3.8, 4) is 5.75 Å². The molecule has 1 aromatic carbocycles. The molecule has 0 fully saturated rings. The molecule has 0 atom stereocenters. The molecule has 1 aromatic rings. The Labute approximate surface area is 90.8 Å². The molecule has 15 heavy (non-hydrogen) atoms. The van der Waals surface area contributed by atoms with Crippen molar-refractivity contribution in [3.05, 3.63) is 55.3 Å². The van der Waals surface area contributed by atoms with Crippen molar-refractivity contribution >= 4 is 0 Å². The van der Waals surface area contributed by atoms with Gasteiger partial charge >= 0.3 is 0 Å². The van der Waals surface area contributed by atoms with E-state index in [1.807, 2.05) is 42.5 Å². The van der Waals surface area contributed by atoms with E-state index in [1.165, 1.54) is 0 Å². The Balaban J connectivity index is 2.05. The molecule has 0 saturated heterocycles. The van der Waals surface area contributed by atoms with Gasteiger partial charge in [0.15, 0.2) is 0 Å². The van der Waals surface area contributed by atoms with Crippen LogP contribution in [0.1, 0.15) is 6.42 Å². The van der Waals surface area contributed by atoms with Crippen LogP contribution < -0.4 is 4.74 Å². The summed E-state index contributed by atoms with van der Waals surface area (Å²) in [6, 6.07) is 9.70. The number of rotatable bonds is 7. The molecule has 0 spiro atoms. The molecule has 0 unspecified atom stereocenters. The van der Waals surface area contributed by atoms with Gasteiger partial charge in [0.2, 0.25) is 0 Å². The summed E-state index contributed by atoms with van der Waals surface area (Å²) in [6.07, 6.45) is 6.24. The lowest BCUT2D eigenvalue weighted by molar-refractivity contribution is 0.178. The largest absolute Gasteiger partial charge is 0.498 e. The molecular weight excluding hydrogens is 188 g/mol. The second kappa shape index (κ2) is 7.68. The molecule has 2 nitrogen and oxygen atoms in total. The van der Waals surface area contributed by atoms with Crippen LogP contribution in [0.5, 0.6) is 5.75 Å². The van der Waals surface area contributed by atoms with Crippen molar-refractivity contribution in [1.82, 2.24) is 0 Å². The van der Waals surface area contributed by atoms with Crippen LogP contribution >= 0.6 is 0 Å². The van der Waals surface area contributed by atoms with Crippen molar-refractivity contribution in [2.75, 3.05) is 13.2 Å². The molecule has 0 radical (unpaired) electrons. The average molecular weight is 204 g/mol. The zero-order chi connectivity index (χ0) is 10.8. The predicted octanol–water partition coefficient (Wildman–Crippen LogP) is 3.17. The van der Waals surface area contributed by atoms with E-state index in [1.54, 1.807) is 6.26 Å². The van der Waals surface area contributed by atoms with Crippen LogP contribution in [0.2, 0.25) is 0 Å². The van der Waals surface area contributed by atoms with Gasteiger partial charge in [0.1, 0.15) is 19.0 Å². The first-order valence-electron chi connectivity index (χ1n) is 4.99. The molecule has 0 N–H and O–H groups in total. The fourth-order valence-corrected chi connectivity index (χ4v) is 1.01. The highest BCUT2D eigenvalue weighted by atomic mass is 16.5. The van der Waals surface area contributed by atoms with E-state index >= 15 is 0 Å². The van der Waals surface area contributed by atoms with Crippen molar-refractivity contribution in [2.24, 2.45) is 0 Å². The quantitative estimate of drug-likeness (QED) is 0.386. The zero-order valence-corrected chi connectivity index (χ0v) is 8.76. The monoisotopic (exact) mass is 204 g/mol. The third-order valence-electron chi connectivity index (χ3n) is 1.71. The zero-order valence-electron chi connectivity index (χ0n) is 8.76. The van der Waals surface area contributed by atoms with Gasteiger partial charge in [-0.1, -0.05) is 24.3 Å². The summed E-state index contributed by atoms with van der Waals surface area (Å²) in [6.45, 7) is 4.72. The molecule has 0 bridgehead atoms. The predicted molar refractivity (Wildman–Crippen MR) is 61.8 cm³/mol. The van der Waals surface area contributed by atoms with Crippen LogP contribution in [0.3, 0.4) is 0 Å². The third kappa shape index (κ3) is 5.57. The number of allylic oxidation sites excluding steroid dienone is 2. The summed E-state index contributed by atoms with van der Waals surface area (Å²) in [7, 11) is 0. The average Bonchev–Trinajstić information content (AvgIpc) is 2.29. The second-order valence-electron chi connectivity index (χ2n) is 2.93. The van der Waals surface area contributed by atoms with E-state index in [0.29, 0.717) is 13.2 Å². The van der Waals surface area contributed by atoms with E-state index in [9.17, 15) is 0 Å². The highest BCUT2D eigenvalue weighted by Gasteiger charge is 1.89. The van der Waals surface area contributed by atoms with Crippen molar-refractivity contribution in [2.45, 2.75) is 6.42 Å². The Morgan fingerprint density at radius 1 is 1.13 bits per heavy atom. The Morgan fingerprint density at radius 3 is 2.67 bits per heavy atom. The molecule has 0 saturated carbocycles. The minimum Gasteiger partial charge on any atom is -0.498 e. The maximum atomic E-state index is 5.43. The fourth-order valence-electron chi connectivity index (χ4n) is 1.01. The van der Waals surface area contributed by atoms with Gasteiger partial charge in [-0.15, -0.1) is 6.58 Å². The summed E-state index contributed by atoms with van der Waals surface area (Å²) in [4.78, 5) is 0. The van der Waals surface area contributed by atoms with Gasteiger partial charge in [0.05, 0.1) is 6.26 Å². The van der Waals surface area contributed by atoms with Crippen molar-refractivity contribution < 1.29 is 9.47 Å². The first-order chi connectivity index (χ1) is 7.43. The standard InChI is InChI=1S/C13H16O2/c1-2-3-7-10-14-11-12-15-13-8-5-4-6-9-13/h2,4-10H,1,3,11-12H2. The summed E-state index contributed by atoms with van der Waals surface area (Å²) in [5.41, 5.74) is 0. The van der Waals surface area contributed by atoms with Crippen LogP contribution in [0, 0.1) is 0 Å². The SMILES string of the molecule is C=CCC=COCCOc1ccccc1. The molecule has 2 heteroatoms. The lowest BCUT2D eigenvalue weighted by Gasteiger charge is -2.04. The summed E-state index contributed by atoms with van der Waals surface area (Å²) in [5.74, 6) is 0.871. The number of ether oxygens (including phenoxy) is 2. The normalized spacial score (nSPS) is 10.1. The molecule has 0 aliphatic rings. The lowest BCUT2D eigenvalue weighted by atomic mass is 10.3. The molecular formula is C13H16O2. The van der Waals surface area contributed by atoms with Gasteiger partial charge in [-0.3, -0.25) is 0 Å². The van der Waals surface area contributed by atoms with Crippen LogP contribution in [0.25, 0.3) is 0 Å². The molecule has 0 aliphatic heterocycles. The van der Waals surface area contributed by atoms with Crippen LogP contribution in [-0.4, -0.2) is 13.2 Å². The number of hydrogen-bond acceptors (Lipinski definition) is 2. The van der Waals surface area contributed by atoms with E-state index in [2.05, 4.69) is 6.58 Å². The molecule has 80 valence electrons. The van der Waals surface area contributed by atoms with E-state index < -0.39 is 0 Å². The van der Waals surface area contributed by atoms with Crippen LogP contribution in [0.15, 0.2) is 55.3 Å². The van der Waals surface area contributed by atoms with Gasteiger partial charge in [0, 0.05) is 0 Å². The molecule has 0 aliphatic carbocycles. The number of benzene rings is 1. The fraction of sp³-hybridized carbons (Fsp3) is 0.231. The third-order valence-corrected chi connectivity index (χ3v) is 1.71. The van der Waals surface area contributed by atoms with E-state index in [-0.39, 0.29) is 0 Å². The smallest absolute Gasteiger partial charge is 0.122 e. The molecule has 1 rings (SSSR count). The van der Waals surface area contributed by atoms with Crippen molar-refractivity contribution in [1.29, 1.82) is 0 Å². The number of hydrogen-bond donors (Lipinski definition) is 0. The highest BCUT2D eigenvalue weighted by molar-refractivity contribution is 5.20. The molecule has 0 aromatic heterocycles. The summed E-state index contributed by atoms with van der Waals surface area (Å²) >= 11 is 0. The number of para-hydroxylation sites is 1. The maximum absolute atomic E-state index is 5.43. The second-order valence-corrected chi connectivity index (χ2v) is 2.93. The minimum atomic E-state index is 0.558. The Bertz CT molecular complexity index is 291. The highest BCUT2D eigenvalue weighted by Crippen LogP contribution is 2.07. The Kier molecular flexibility index (Phi) is 5.82. The van der Waals surface area contributed by atoms with Crippen molar-refractivity contribution in [3.63, 3.8) is 0 Å². The molecule has 0 heterocycles. The van der Waals surface area contributed by atoms with Gasteiger partial charge in [-0.2, -0.15) is 0 Å². The Hall–Kier alpha value is -1.70. The molecule has 0 amide bonds. The van der Waals surface area contributed by atoms with Gasteiger partial charge in [-0.25, -0.2) is 0 Å². The van der Waals surface area contributed by atoms with E-state index in [0.717, 1.165) is 12.2 Å². The summed E-state index contributed by atoms with van der Waals surface area (Å²) < 4.78 is 10.6. The van der Waals surface area contributed by atoms with Gasteiger partial charge in [-0.05, 0) is 24.6 Å². The lowest BCUT2D eigenvalue weighted by Crippen LogP contribution is -2.03. The first kappa shape index (κ1) is 11.4. The van der Waals surface area contributed by atoms with E-state index in [4.69, 9.17) is 9.47 Å². The van der Waals surface area contributed by atoms with Gasteiger partial charge < -0.3 is 9.47 Å².